The SMILES string of the molecule is CCNC(=O)C1=Cc2ccccc2S(=O)(=O)N1CC. The Morgan fingerprint density at radius 3 is 2.58 bits per heavy atom. The minimum Gasteiger partial charge on any atom is -0.351 e. The summed E-state index contributed by atoms with van der Waals surface area (Å²) in [6.07, 6.45) is 1.62. The molecule has 0 aliphatic carbocycles. The number of nitrogens with one attached hydrogen (secondary N) is 1. The van der Waals surface area contributed by atoms with E-state index in [-0.39, 0.29) is 23.0 Å². The van der Waals surface area contributed by atoms with Crippen molar-refractivity contribution >= 4 is 22.0 Å². The molecule has 0 aromatic heterocycles. The number of carbonyl (C=O) groups is 1. The molecular weight excluding hydrogens is 264 g/mol. The molecule has 0 unspecified atom stereocenters. The molecule has 2 rings (SSSR count). The number of hydrogen-bond donors (Lipinski definition) is 1. The van der Waals surface area contributed by atoms with Gasteiger partial charge < -0.3 is 5.32 Å². The van der Waals surface area contributed by atoms with Crippen LogP contribution in [-0.4, -0.2) is 31.7 Å². The second-order valence-corrected chi connectivity index (χ2v) is 5.93. The molecule has 0 spiro atoms. The van der Waals surface area contributed by atoms with Crippen molar-refractivity contribution in [2.75, 3.05) is 13.1 Å². The standard InChI is InChI=1S/C13H16N2O3S/c1-3-14-13(16)11-9-10-7-5-6-8-12(10)19(17,18)15(11)4-2/h5-9H,3-4H2,1-2H3,(H,14,16). The highest BCUT2D eigenvalue weighted by Crippen LogP contribution is 2.30. The molecule has 0 fully saturated rings. The molecule has 0 saturated heterocycles. The normalized spacial score (nSPS) is 16.5. The van der Waals surface area contributed by atoms with E-state index in [2.05, 4.69) is 5.32 Å². The third-order valence-corrected chi connectivity index (χ3v) is 4.87. The van der Waals surface area contributed by atoms with Crippen molar-refractivity contribution in [2.45, 2.75) is 18.7 Å². The zero-order valence-electron chi connectivity index (χ0n) is 10.9. The van der Waals surface area contributed by atoms with E-state index in [1.54, 1.807) is 44.2 Å². The average molecular weight is 280 g/mol. The molecule has 1 aliphatic rings. The van der Waals surface area contributed by atoms with Crippen LogP contribution in [-0.2, 0) is 14.8 Å². The predicted octanol–water partition coefficient (Wildman–Crippen LogP) is 1.19. The molecular formula is C13H16N2O3S. The van der Waals surface area contributed by atoms with Crippen LogP contribution in [0.1, 0.15) is 19.4 Å². The van der Waals surface area contributed by atoms with E-state index >= 15 is 0 Å². The number of nitrogens with zero attached hydrogens (tertiary/aromatic N) is 1. The molecule has 1 aromatic rings. The topological polar surface area (TPSA) is 66.5 Å². The second kappa shape index (κ2) is 5.05. The molecule has 1 aliphatic heterocycles. The lowest BCUT2D eigenvalue weighted by Crippen LogP contribution is -2.40. The number of carbonyl (C=O) groups excluding carboxylic acids is 1. The maximum absolute atomic E-state index is 12.5. The Balaban J connectivity index is 2.61. The van der Waals surface area contributed by atoms with Crippen LogP contribution in [0.5, 0.6) is 0 Å². The van der Waals surface area contributed by atoms with Crippen molar-refractivity contribution < 1.29 is 13.2 Å². The molecule has 1 heterocycles. The fraction of sp³-hybridized carbons (Fsp3) is 0.308. The fourth-order valence-corrected chi connectivity index (χ4v) is 3.72. The zero-order chi connectivity index (χ0) is 14.0. The van der Waals surface area contributed by atoms with Gasteiger partial charge in [0.25, 0.3) is 15.9 Å². The van der Waals surface area contributed by atoms with Gasteiger partial charge in [0.05, 0.1) is 4.90 Å². The van der Waals surface area contributed by atoms with E-state index in [0.717, 1.165) is 4.31 Å². The van der Waals surface area contributed by atoms with Crippen LogP contribution in [0.3, 0.4) is 0 Å². The average Bonchev–Trinajstić information content (AvgIpc) is 2.38. The van der Waals surface area contributed by atoms with Gasteiger partial charge >= 0.3 is 0 Å². The van der Waals surface area contributed by atoms with Crippen LogP contribution < -0.4 is 5.32 Å². The second-order valence-electron chi connectivity index (χ2n) is 4.10. The van der Waals surface area contributed by atoms with Gasteiger partial charge in [0, 0.05) is 13.1 Å². The molecule has 19 heavy (non-hydrogen) atoms. The zero-order valence-corrected chi connectivity index (χ0v) is 11.7. The highest BCUT2D eigenvalue weighted by atomic mass is 32.2. The van der Waals surface area contributed by atoms with Crippen molar-refractivity contribution in [3.63, 3.8) is 0 Å². The van der Waals surface area contributed by atoms with E-state index < -0.39 is 10.0 Å². The molecule has 0 radical (unpaired) electrons. The Morgan fingerprint density at radius 1 is 1.26 bits per heavy atom. The van der Waals surface area contributed by atoms with E-state index in [1.165, 1.54) is 0 Å². The van der Waals surface area contributed by atoms with Gasteiger partial charge in [-0.2, -0.15) is 0 Å². The maximum Gasteiger partial charge on any atom is 0.268 e. The summed E-state index contributed by atoms with van der Waals surface area (Å²) in [7, 11) is -3.64. The van der Waals surface area contributed by atoms with Crippen molar-refractivity contribution in [3.8, 4) is 0 Å². The van der Waals surface area contributed by atoms with Crippen molar-refractivity contribution in [1.29, 1.82) is 0 Å². The maximum atomic E-state index is 12.5. The van der Waals surface area contributed by atoms with Gasteiger partial charge in [-0.25, -0.2) is 8.42 Å². The molecule has 5 nitrogen and oxygen atoms in total. The Labute approximate surface area is 113 Å². The molecule has 0 atom stereocenters. The summed E-state index contributed by atoms with van der Waals surface area (Å²) in [4.78, 5) is 12.2. The molecule has 0 saturated carbocycles. The van der Waals surface area contributed by atoms with Gasteiger partial charge in [0.1, 0.15) is 5.70 Å². The van der Waals surface area contributed by atoms with Crippen molar-refractivity contribution in [2.24, 2.45) is 0 Å². The number of benzene rings is 1. The Bertz CT molecular complexity index is 635. The molecule has 102 valence electrons. The number of hydrogen-bond acceptors (Lipinski definition) is 3. The van der Waals surface area contributed by atoms with Gasteiger partial charge in [-0.1, -0.05) is 18.2 Å². The molecule has 0 bridgehead atoms. The highest BCUT2D eigenvalue weighted by Gasteiger charge is 2.33. The van der Waals surface area contributed by atoms with Crippen molar-refractivity contribution in [1.82, 2.24) is 9.62 Å². The molecule has 6 heteroatoms. The lowest BCUT2D eigenvalue weighted by molar-refractivity contribution is -0.118. The number of amides is 1. The van der Waals surface area contributed by atoms with Crippen molar-refractivity contribution in [3.05, 3.63) is 35.5 Å². The quantitative estimate of drug-likeness (QED) is 0.904. The Morgan fingerprint density at radius 2 is 1.95 bits per heavy atom. The van der Waals surface area contributed by atoms with Crippen LogP contribution in [0.25, 0.3) is 6.08 Å². The van der Waals surface area contributed by atoms with Gasteiger partial charge in [-0.15, -0.1) is 0 Å². The third kappa shape index (κ3) is 2.23. The summed E-state index contributed by atoms with van der Waals surface area (Å²) in [5.41, 5.74) is 0.719. The smallest absolute Gasteiger partial charge is 0.268 e. The number of fused-ring (bicyclic) bond motifs is 1. The summed E-state index contributed by atoms with van der Waals surface area (Å²) in [6, 6.07) is 6.68. The largest absolute Gasteiger partial charge is 0.351 e. The third-order valence-electron chi connectivity index (χ3n) is 2.91. The minimum absolute atomic E-state index is 0.169. The number of rotatable bonds is 3. The summed E-state index contributed by atoms with van der Waals surface area (Å²) < 4.78 is 26.1. The number of likely N-dealkylation sites (N-methyl/N-ethyl adjacent to an activating group) is 2. The molecule has 1 N–H and O–H groups in total. The first-order chi connectivity index (χ1) is 9.02. The fourth-order valence-electron chi connectivity index (χ4n) is 2.07. The van der Waals surface area contributed by atoms with Gasteiger partial charge in [0.15, 0.2) is 0 Å². The number of sulfonamides is 1. The first-order valence-electron chi connectivity index (χ1n) is 6.14. The van der Waals surface area contributed by atoms with Crippen LogP contribution in [0.2, 0.25) is 0 Å². The van der Waals surface area contributed by atoms with E-state index in [9.17, 15) is 13.2 Å². The first-order valence-corrected chi connectivity index (χ1v) is 7.58. The Kier molecular flexibility index (Phi) is 3.61. The summed E-state index contributed by atoms with van der Waals surface area (Å²) in [5.74, 6) is -0.373. The van der Waals surface area contributed by atoms with Crippen LogP contribution >= 0.6 is 0 Å². The first kappa shape index (κ1) is 13.6. The van der Waals surface area contributed by atoms with Crippen LogP contribution in [0, 0.1) is 0 Å². The lowest BCUT2D eigenvalue weighted by atomic mass is 10.2. The predicted molar refractivity (Wildman–Crippen MR) is 72.7 cm³/mol. The van der Waals surface area contributed by atoms with Crippen LogP contribution in [0.4, 0.5) is 0 Å². The van der Waals surface area contributed by atoms with Gasteiger partial charge in [-0.3, -0.25) is 9.10 Å². The monoisotopic (exact) mass is 280 g/mol. The van der Waals surface area contributed by atoms with Crippen LogP contribution in [0.15, 0.2) is 34.9 Å². The molecule has 1 amide bonds. The Hall–Kier alpha value is -1.82. The van der Waals surface area contributed by atoms with E-state index in [1.807, 2.05) is 0 Å². The minimum atomic E-state index is -3.64. The van der Waals surface area contributed by atoms with E-state index in [4.69, 9.17) is 0 Å². The summed E-state index contributed by atoms with van der Waals surface area (Å²) >= 11 is 0. The lowest BCUT2D eigenvalue weighted by Gasteiger charge is -2.29. The summed E-state index contributed by atoms with van der Waals surface area (Å²) in [6.45, 7) is 4.17. The van der Waals surface area contributed by atoms with Gasteiger partial charge in [-0.05, 0) is 31.6 Å². The molecule has 1 aromatic carbocycles. The highest BCUT2D eigenvalue weighted by molar-refractivity contribution is 7.89. The van der Waals surface area contributed by atoms with E-state index in [0.29, 0.717) is 12.1 Å². The van der Waals surface area contributed by atoms with Gasteiger partial charge in [0.2, 0.25) is 0 Å². The summed E-state index contributed by atoms with van der Waals surface area (Å²) in [5, 5.41) is 2.63.